The van der Waals surface area contributed by atoms with Crippen LogP contribution in [0.3, 0.4) is 0 Å². The summed E-state index contributed by atoms with van der Waals surface area (Å²) in [4.78, 5) is 26.3. The number of carbonyl (C=O) groups is 2. The summed E-state index contributed by atoms with van der Waals surface area (Å²) >= 11 is 0. The number of carbonyl (C=O) groups excluding carboxylic acids is 2. The molecule has 1 atom stereocenters. The first-order valence-corrected chi connectivity index (χ1v) is 8.91. The van der Waals surface area contributed by atoms with Gasteiger partial charge in [0.1, 0.15) is 0 Å². The molecule has 0 aliphatic carbocycles. The number of alkyl halides is 3. The summed E-state index contributed by atoms with van der Waals surface area (Å²) < 4.78 is 40.9. The Bertz CT molecular complexity index is 892. The molecule has 28 heavy (non-hydrogen) atoms. The van der Waals surface area contributed by atoms with Gasteiger partial charge >= 0.3 is 6.18 Å². The molecule has 6 nitrogen and oxygen atoms in total. The van der Waals surface area contributed by atoms with Crippen LogP contribution in [0.15, 0.2) is 30.5 Å². The topological polar surface area (TPSA) is 67.2 Å². The average Bonchev–Trinajstić information content (AvgIpc) is 3.19. The monoisotopic (exact) mass is 394 g/mol. The molecule has 0 spiro atoms. The van der Waals surface area contributed by atoms with Crippen molar-refractivity contribution in [1.29, 1.82) is 0 Å². The number of aromatic nitrogens is 2. The van der Waals surface area contributed by atoms with Crippen LogP contribution in [-0.4, -0.2) is 39.6 Å². The van der Waals surface area contributed by atoms with Gasteiger partial charge in [0.2, 0.25) is 5.91 Å². The lowest BCUT2D eigenvalue weighted by Crippen LogP contribution is -2.38. The lowest BCUT2D eigenvalue weighted by molar-refractivity contribution is -0.137. The maximum Gasteiger partial charge on any atom is 0.416 e. The van der Waals surface area contributed by atoms with E-state index in [0.717, 1.165) is 12.1 Å². The number of hydrogen-bond donors (Lipinski definition) is 1. The van der Waals surface area contributed by atoms with Crippen LogP contribution in [0, 0.1) is 6.92 Å². The smallest absolute Gasteiger partial charge is 0.343 e. The summed E-state index contributed by atoms with van der Waals surface area (Å²) in [6, 6.07) is 4.06. The van der Waals surface area contributed by atoms with Crippen molar-refractivity contribution in [3.05, 3.63) is 52.8 Å². The zero-order chi connectivity index (χ0) is 20.5. The SMILES string of the molecule is Cc1c(C(=O)N[C@@H](CN2CCCC2=O)c2cccc(C(F)(F)F)c2)cnn1C. The van der Waals surface area contributed by atoms with Gasteiger partial charge in [0, 0.05) is 32.3 Å². The van der Waals surface area contributed by atoms with E-state index in [9.17, 15) is 22.8 Å². The summed E-state index contributed by atoms with van der Waals surface area (Å²) in [5, 5.41) is 6.80. The van der Waals surface area contributed by atoms with Crippen molar-refractivity contribution < 1.29 is 22.8 Å². The van der Waals surface area contributed by atoms with E-state index < -0.39 is 23.7 Å². The first-order valence-electron chi connectivity index (χ1n) is 8.91. The van der Waals surface area contributed by atoms with Crippen molar-refractivity contribution in [2.75, 3.05) is 13.1 Å². The molecule has 1 aromatic heterocycles. The minimum Gasteiger partial charge on any atom is -0.343 e. The molecule has 2 amide bonds. The first kappa shape index (κ1) is 19.9. The van der Waals surface area contributed by atoms with E-state index in [-0.39, 0.29) is 12.5 Å². The highest BCUT2D eigenvalue weighted by Crippen LogP contribution is 2.31. The summed E-state index contributed by atoms with van der Waals surface area (Å²) in [7, 11) is 1.69. The van der Waals surface area contributed by atoms with Crippen molar-refractivity contribution in [1.82, 2.24) is 20.0 Å². The van der Waals surface area contributed by atoms with Gasteiger partial charge in [-0.15, -0.1) is 0 Å². The number of nitrogens with zero attached hydrogens (tertiary/aromatic N) is 3. The second-order valence-electron chi connectivity index (χ2n) is 6.86. The van der Waals surface area contributed by atoms with E-state index in [1.807, 2.05) is 0 Å². The number of rotatable bonds is 5. The number of halogens is 3. The fourth-order valence-electron chi connectivity index (χ4n) is 3.24. The van der Waals surface area contributed by atoms with Crippen LogP contribution in [0.5, 0.6) is 0 Å². The molecular formula is C19H21F3N4O2. The number of likely N-dealkylation sites (tertiary alicyclic amines) is 1. The number of amides is 2. The Morgan fingerprint density at radius 2 is 2.11 bits per heavy atom. The quantitative estimate of drug-likeness (QED) is 0.848. The van der Waals surface area contributed by atoms with Gasteiger partial charge < -0.3 is 10.2 Å². The standard InChI is InChI=1S/C19H21F3N4O2/c1-12-15(10-23-25(12)2)18(28)24-16(11-26-8-4-7-17(26)27)13-5-3-6-14(9-13)19(20,21)22/h3,5-6,9-10,16H,4,7-8,11H2,1-2H3,(H,24,28)/t16-/m0/s1. The van der Waals surface area contributed by atoms with Crippen LogP contribution in [0.25, 0.3) is 0 Å². The Labute approximate surface area is 160 Å². The summed E-state index contributed by atoms with van der Waals surface area (Å²) in [5.74, 6) is -0.511. The molecular weight excluding hydrogens is 373 g/mol. The van der Waals surface area contributed by atoms with Crippen LogP contribution < -0.4 is 5.32 Å². The van der Waals surface area contributed by atoms with Crippen LogP contribution >= 0.6 is 0 Å². The Morgan fingerprint density at radius 3 is 2.68 bits per heavy atom. The van der Waals surface area contributed by atoms with Crippen molar-refractivity contribution in [2.45, 2.75) is 32.0 Å². The maximum atomic E-state index is 13.1. The van der Waals surface area contributed by atoms with E-state index >= 15 is 0 Å². The van der Waals surface area contributed by atoms with E-state index in [0.29, 0.717) is 36.2 Å². The normalized spacial score (nSPS) is 15.8. The van der Waals surface area contributed by atoms with Crippen LogP contribution in [-0.2, 0) is 18.0 Å². The van der Waals surface area contributed by atoms with Crippen molar-refractivity contribution >= 4 is 11.8 Å². The van der Waals surface area contributed by atoms with Crippen LogP contribution in [0.2, 0.25) is 0 Å². The van der Waals surface area contributed by atoms with Gasteiger partial charge in [-0.1, -0.05) is 12.1 Å². The minimum atomic E-state index is -4.49. The van der Waals surface area contributed by atoms with E-state index in [2.05, 4.69) is 10.4 Å². The molecule has 1 aromatic carbocycles. The fourth-order valence-corrected chi connectivity index (χ4v) is 3.24. The Balaban J connectivity index is 1.90. The largest absolute Gasteiger partial charge is 0.416 e. The number of aryl methyl sites for hydroxylation is 1. The molecule has 150 valence electrons. The second-order valence-corrected chi connectivity index (χ2v) is 6.86. The highest BCUT2D eigenvalue weighted by atomic mass is 19.4. The number of hydrogen-bond acceptors (Lipinski definition) is 3. The van der Waals surface area contributed by atoms with E-state index in [1.54, 1.807) is 18.9 Å². The lowest BCUT2D eigenvalue weighted by Gasteiger charge is -2.25. The van der Waals surface area contributed by atoms with Crippen molar-refractivity contribution in [3.8, 4) is 0 Å². The average molecular weight is 394 g/mol. The van der Waals surface area contributed by atoms with Gasteiger partial charge in [0.05, 0.1) is 23.4 Å². The molecule has 2 aromatic rings. The lowest BCUT2D eigenvalue weighted by atomic mass is 10.0. The molecule has 1 N–H and O–H groups in total. The predicted octanol–water partition coefficient (Wildman–Crippen LogP) is 2.84. The molecule has 0 saturated carbocycles. The van der Waals surface area contributed by atoms with Crippen molar-refractivity contribution in [3.63, 3.8) is 0 Å². The first-order chi connectivity index (χ1) is 13.2. The van der Waals surface area contributed by atoms with Gasteiger partial charge in [0.25, 0.3) is 5.91 Å². The summed E-state index contributed by atoms with van der Waals surface area (Å²) in [5.41, 5.74) is 0.476. The maximum absolute atomic E-state index is 13.1. The van der Waals surface area contributed by atoms with Crippen LogP contribution in [0.1, 0.15) is 46.1 Å². The molecule has 0 radical (unpaired) electrons. The third-order valence-electron chi connectivity index (χ3n) is 4.98. The molecule has 1 fully saturated rings. The number of benzene rings is 1. The van der Waals surface area contributed by atoms with Gasteiger partial charge in [-0.05, 0) is 31.0 Å². The Hall–Kier alpha value is -2.84. The molecule has 0 bridgehead atoms. The third-order valence-corrected chi connectivity index (χ3v) is 4.98. The molecule has 2 heterocycles. The van der Waals surface area contributed by atoms with E-state index in [4.69, 9.17) is 0 Å². The third kappa shape index (κ3) is 4.18. The summed E-state index contributed by atoms with van der Waals surface area (Å²) in [6.45, 7) is 2.37. The minimum absolute atomic E-state index is 0.0659. The number of nitrogens with one attached hydrogen (secondary N) is 1. The fraction of sp³-hybridized carbons (Fsp3) is 0.421. The van der Waals surface area contributed by atoms with Gasteiger partial charge in [-0.3, -0.25) is 14.3 Å². The molecule has 1 aliphatic rings. The van der Waals surface area contributed by atoms with Crippen molar-refractivity contribution in [2.24, 2.45) is 7.05 Å². The van der Waals surface area contributed by atoms with Gasteiger partial charge in [-0.2, -0.15) is 18.3 Å². The zero-order valence-electron chi connectivity index (χ0n) is 15.6. The Kier molecular flexibility index (Phi) is 5.44. The van der Waals surface area contributed by atoms with Gasteiger partial charge in [0.15, 0.2) is 0 Å². The van der Waals surface area contributed by atoms with E-state index in [1.165, 1.54) is 23.0 Å². The molecule has 0 unspecified atom stereocenters. The van der Waals surface area contributed by atoms with Crippen LogP contribution in [0.4, 0.5) is 13.2 Å². The molecule has 1 saturated heterocycles. The molecule has 3 rings (SSSR count). The predicted molar refractivity (Wildman–Crippen MR) is 95.4 cm³/mol. The zero-order valence-corrected chi connectivity index (χ0v) is 15.6. The highest BCUT2D eigenvalue weighted by Gasteiger charge is 2.32. The second kappa shape index (κ2) is 7.65. The highest BCUT2D eigenvalue weighted by molar-refractivity contribution is 5.95. The summed E-state index contributed by atoms with van der Waals surface area (Å²) in [6.07, 6.45) is -1.97. The molecule has 9 heteroatoms. The van der Waals surface area contributed by atoms with Gasteiger partial charge in [-0.25, -0.2) is 0 Å². The molecule has 1 aliphatic heterocycles. The Morgan fingerprint density at radius 1 is 1.36 bits per heavy atom.